The predicted molar refractivity (Wildman–Crippen MR) is 75.4 cm³/mol. The zero-order chi connectivity index (χ0) is 13.7. The Morgan fingerprint density at radius 1 is 1.21 bits per heavy atom. The maximum Gasteiger partial charge on any atom is 0.214 e. The van der Waals surface area contributed by atoms with Crippen LogP contribution < -0.4 is 0 Å². The molecule has 1 aromatic carbocycles. The quantitative estimate of drug-likeness (QED) is 0.823. The third-order valence-corrected chi connectivity index (χ3v) is 5.57. The van der Waals surface area contributed by atoms with Gasteiger partial charge in [0, 0.05) is 12.6 Å². The summed E-state index contributed by atoms with van der Waals surface area (Å²) in [6, 6.07) is 9.74. The first-order valence-corrected chi connectivity index (χ1v) is 8.39. The lowest BCUT2D eigenvalue weighted by molar-refractivity contribution is 0.178. The van der Waals surface area contributed by atoms with E-state index in [2.05, 4.69) is 0 Å². The van der Waals surface area contributed by atoms with Gasteiger partial charge in [-0.2, -0.15) is 4.31 Å². The largest absolute Gasteiger partial charge is 0.395 e. The van der Waals surface area contributed by atoms with Gasteiger partial charge in [-0.1, -0.05) is 36.8 Å². The van der Waals surface area contributed by atoms with E-state index in [4.69, 9.17) is 5.11 Å². The van der Waals surface area contributed by atoms with E-state index in [0.29, 0.717) is 6.42 Å². The average molecular weight is 283 g/mol. The first-order valence-electron chi connectivity index (χ1n) is 6.78. The summed E-state index contributed by atoms with van der Waals surface area (Å²) >= 11 is 0. The van der Waals surface area contributed by atoms with Crippen molar-refractivity contribution in [2.45, 2.75) is 31.7 Å². The zero-order valence-electron chi connectivity index (χ0n) is 11.0. The van der Waals surface area contributed by atoms with E-state index in [0.717, 1.165) is 24.8 Å². The molecule has 1 saturated carbocycles. The van der Waals surface area contributed by atoms with Crippen molar-refractivity contribution in [1.82, 2.24) is 4.31 Å². The molecule has 0 spiro atoms. The molecule has 106 valence electrons. The van der Waals surface area contributed by atoms with Gasteiger partial charge in [-0.05, 0) is 24.8 Å². The van der Waals surface area contributed by atoms with Gasteiger partial charge in [0.05, 0.1) is 12.4 Å². The van der Waals surface area contributed by atoms with Crippen molar-refractivity contribution in [2.75, 3.05) is 18.9 Å². The minimum atomic E-state index is -3.27. The highest BCUT2D eigenvalue weighted by Crippen LogP contribution is 2.27. The summed E-state index contributed by atoms with van der Waals surface area (Å²) in [5.41, 5.74) is 1.03. The van der Waals surface area contributed by atoms with Crippen molar-refractivity contribution in [3.05, 3.63) is 35.9 Å². The summed E-state index contributed by atoms with van der Waals surface area (Å²) in [7, 11) is -3.27. The minimum absolute atomic E-state index is 0.105. The molecule has 0 amide bonds. The Labute approximate surface area is 115 Å². The lowest BCUT2D eigenvalue weighted by atomic mass is 9.93. The number of nitrogens with zero attached hydrogens (tertiary/aromatic N) is 1. The van der Waals surface area contributed by atoms with Gasteiger partial charge < -0.3 is 5.11 Å². The van der Waals surface area contributed by atoms with E-state index in [9.17, 15) is 8.42 Å². The Bertz CT molecular complexity index is 483. The highest BCUT2D eigenvalue weighted by Gasteiger charge is 2.32. The summed E-state index contributed by atoms with van der Waals surface area (Å²) in [4.78, 5) is 0. The molecule has 0 radical (unpaired) electrons. The number of hydrogen-bond acceptors (Lipinski definition) is 3. The van der Waals surface area contributed by atoms with Gasteiger partial charge >= 0.3 is 0 Å². The molecule has 0 aliphatic heterocycles. The van der Waals surface area contributed by atoms with Crippen LogP contribution in [0.5, 0.6) is 0 Å². The summed E-state index contributed by atoms with van der Waals surface area (Å²) in [6.45, 7) is 0.114. The van der Waals surface area contributed by atoms with Crippen molar-refractivity contribution in [2.24, 2.45) is 0 Å². The summed E-state index contributed by atoms with van der Waals surface area (Å²) < 4.78 is 26.2. The fraction of sp³-hybridized carbons (Fsp3) is 0.571. The Morgan fingerprint density at radius 2 is 1.89 bits per heavy atom. The number of sulfonamides is 1. The SMILES string of the molecule is O=S(=O)(CCc1ccccc1)N(CCO)C1CCC1. The summed E-state index contributed by atoms with van der Waals surface area (Å²) in [5, 5.41) is 9.05. The second-order valence-corrected chi connectivity index (χ2v) is 7.01. The van der Waals surface area contributed by atoms with Crippen LogP contribution in [-0.4, -0.2) is 42.8 Å². The fourth-order valence-corrected chi connectivity index (χ4v) is 4.08. The number of hydrogen-bond donors (Lipinski definition) is 1. The Morgan fingerprint density at radius 3 is 2.42 bits per heavy atom. The van der Waals surface area contributed by atoms with E-state index in [-0.39, 0.29) is 24.9 Å². The van der Waals surface area contributed by atoms with Crippen LogP contribution in [0, 0.1) is 0 Å². The average Bonchev–Trinajstić information content (AvgIpc) is 2.35. The third-order valence-electron chi connectivity index (χ3n) is 3.65. The molecule has 19 heavy (non-hydrogen) atoms. The van der Waals surface area contributed by atoms with Crippen molar-refractivity contribution in [3.63, 3.8) is 0 Å². The molecule has 1 aliphatic carbocycles. The van der Waals surface area contributed by atoms with Crippen LogP contribution in [0.25, 0.3) is 0 Å². The number of aliphatic hydroxyl groups excluding tert-OH is 1. The Kier molecular flexibility index (Phi) is 4.96. The second-order valence-electron chi connectivity index (χ2n) is 4.97. The van der Waals surface area contributed by atoms with Crippen molar-refractivity contribution < 1.29 is 13.5 Å². The maximum atomic E-state index is 12.3. The van der Waals surface area contributed by atoms with E-state index in [1.54, 1.807) is 0 Å². The number of aryl methyl sites for hydroxylation is 1. The van der Waals surface area contributed by atoms with Gasteiger partial charge in [0.1, 0.15) is 0 Å². The molecular formula is C14H21NO3S. The van der Waals surface area contributed by atoms with Crippen LogP contribution in [0.2, 0.25) is 0 Å². The van der Waals surface area contributed by atoms with Crippen LogP contribution in [0.15, 0.2) is 30.3 Å². The number of rotatable bonds is 7. The smallest absolute Gasteiger partial charge is 0.214 e. The van der Waals surface area contributed by atoms with E-state index in [1.807, 2.05) is 30.3 Å². The van der Waals surface area contributed by atoms with Gasteiger partial charge in [-0.3, -0.25) is 0 Å². The molecular weight excluding hydrogens is 262 g/mol. The van der Waals surface area contributed by atoms with Crippen LogP contribution in [-0.2, 0) is 16.4 Å². The molecule has 5 heteroatoms. The number of aliphatic hydroxyl groups is 1. The monoisotopic (exact) mass is 283 g/mol. The normalized spacial score (nSPS) is 16.5. The number of benzene rings is 1. The molecule has 0 bridgehead atoms. The summed E-state index contributed by atoms with van der Waals surface area (Å²) in [6.07, 6.45) is 3.45. The highest BCUT2D eigenvalue weighted by molar-refractivity contribution is 7.89. The van der Waals surface area contributed by atoms with Gasteiger partial charge in [-0.25, -0.2) is 8.42 Å². The molecule has 1 fully saturated rings. The molecule has 1 aromatic rings. The fourth-order valence-electron chi connectivity index (χ4n) is 2.33. The highest BCUT2D eigenvalue weighted by atomic mass is 32.2. The molecule has 4 nitrogen and oxygen atoms in total. The van der Waals surface area contributed by atoms with Crippen molar-refractivity contribution in [1.29, 1.82) is 0 Å². The molecule has 0 saturated heterocycles. The molecule has 0 unspecified atom stereocenters. The molecule has 0 heterocycles. The molecule has 1 N–H and O–H groups in total. The Balaban J connectivity index is 1.99. The van der Waals surface area contributed by atoms with Gasteiger partial charge in [-0.15, -0.1) is 0 Å². The standard InChI is InChI=1S/C14H21NO3S/c16-11-10-15(14-7-4-8-14)19(17,18)12-9-13-5-2-1-3-6-13/h1-3,5-6,14,16H,4,7-12H2. The van der Waals surface area contributed by atoms with E-state index in [1.165, 1.54) is 4.31 Å². The third kappa shape index (κ3) is 3.78. The van der Waals surface area contributed by atoms with Crippen molar-refractivity contribution in [3.8, 4) is 0 Å². The first-order chi connectivity index (χ1) is 9.13. The Hall–Kier alpha value is -0.910. The lowest BCUT2D eigenvalue weighted by Crippen LogP contribution is -2.46. The minimum Gasteiger partial charge on any atom is -0.395 e. The summed E-state index contributed by atoms with van der Waals surface area (Å²) in [5.74, 6) is 0.119. The van der Waals surface area contributed by atoms with Gasteiger partial charge in [0.25, 0.3) is 0 Å². The zero-order valence-corrected chi connectivity index (χ0v) is 11.8. The molecule has 1 aliphatic rings. The van der Waals surface area contributed by atoms with Gasteiger partial charge in [0.15, 0.2) is 0 Å². The van der Waals surface area contributed by atoms with Gasteiger partial charge in [0.2, 0.25) is 10.0 Å². The van der Waals surface area contributed by atoms with Crippen LogP contribution in [0.4, 0.5) is 0 Å². The van der Waals surface area contributed by atoms with E-state index < -0.39 is 10.0 Å². The second kappa shape index (κ2) is 6.50. The van der Waals surface area contributed by atoms with Crippen LogP contribution in [0.1, 0.15) is 24.8 Å². The molecule has 0 aromatic heterocycles. The van der Waals surface area contributed by atoms with Crippen molar-refractivity contribution >= 4 is 10.0 Å². The maximum absolute atomic E-state index is 12.3. The first kappa shape index (κ1) is 14.5. The van der Waals surface area contributed by atoms with E-state index >= 15 is 0 Å². The topological polar surface area (TPSA) is 57.6 Å². The molecule has 0 atom stereocenters. The van der Waals surface area contributed by atoms with Crippen LogP contribution in [0.3, 0.4) is 0 Å². The lowest BCUT2D eigenvalue weighted by Gasteiger charge is -2.36. The molecule has 2 rings (SSSR count). The van der Waals surface area contributed by atoms with Crippen LogP contribution >= 0.6 is 0 Å². The predicted octanol–water partition coefficient (Wildman–Crippen LogP) is 1.41.